The number of aromatic hydroxyl groups is 1. The molecule has 0 heterocycles. The summed E-state index contributed by atoms with van der Waals surface area (Å²) in [6.07, 6.45) is 1.85. The Balaban J connectivity index is 1.86. The van der Waals surface area contributed by atoms with Crippen LogP contribution in [0.3, 0.4) is 0 Å². The summed E-state index contributed by atoms with van der Waals surface area (Å²) < 4.78 is 5.20. The maximum atomic E-state index is 10.4. The van der Waals surface area contributed by atoms with Crippen molar-refractivity contribution in [3.8, 4) is 11.5 Å². The Kier molecular flexibility index (Phi) is 3.83. The molecule has 0 aliphatic heterocycles. The van der Waals surface area contributed by atoms with Gasteiger partial charge in [0.15, 0.2) is 0 Å². The third kappa shape index (κ3) is 2.46. The molecule has 2 aromatic carbocycles. The maximum Gasteiger partial charge on any atom is 0.123 e. The summed E-state index contributed by atoms with van der Waals surface area (Å²) in [7, 11) is 1.67. The van der Waals surface area contributed by atoms with Crippen LogP contribution < -0.4 is 10.5 Å². The summed E-state index contributed by atoms with van der Waals surface area (Å²) in [5.74, 6) is 1.58. The summed E-state index contributed by atoms with van der Waals surface area (Å²) in [5.41, 5.74) is 12.0. The Morgan fingerprint density at radius 3 is 2.50 bits per heavy atom. The smallest absolute Gasteiger partial charge is 0.123 e. The standard InChI is InChI=1S/C19H23NO2/c1-11-8-12(2)19(21)17-16(11)10-14(18(17)20)9-13-4-6-15(22-3)7-5-13/h4-8,14,18,21H,9-10,20H2,1-3H3. The highest BCUT2D eigenvalue weighted by molar-refractivity contribution is 5.53. The average Bonchev–Trinajstić information content (AvgIpc) is 2.83. The number of phenolic OH excluding ortho intramolecular Hbond substituents is 1. The van der Waals surface area contributed by atoms with Crippen molar-refractivity contribution in [2.75, 3.05) is 7.11 Å². The summed E-state index contributed by atoms with van der Waals surface area (Å²) in [4.78, 5) is 0. The van der Waals surface area contributed by atoms with E-state index >= 15 is 0 Å². The molecule has 3 heteroatoms. The summed E-state index contributed by atoms with van der Waals surface area (Å²) in [6.45, 7) is 4.04. The number of methoxy groups -OCH3 is 1. The molecule has 22 heavy (non-hydrogen) atoms. The molecule has 2 aromatic rings. The molecular formula is C19H23NO2. The second-order valence-corrected chi connectivity index (χ2v) is 6.29. The first-order valence-corrected chi connectivity index (χ1v) is 7.71. The maximum absolute atomic E-state index is 10.4. The van der Waals surface area contributed by atoms with Crippen molar-refractivity contribution in [1.29, 1.82) is 0 Å². The lowest BCUT2D eigenvalue weighted by molar-refractivity contribution is 0.413. The molecule has 0 fully saturated rings. The monoisotopic (exact) mass is 297 g/mol. The highest BCUT2D eigenvalue weighted by atomic mass is 16.5. The van der Waals surface area contributed by atoms with Gasteiger partial charge in [-0.3, -0.25) is 0 Å². The van der Waals surface area contributed by atoms with Crippen molar-refractivity contribution >= 4 is 0 Å². The lowest BCUT2D eigenvalue weighted by atomic mass is 9.93. The Hall–Kier alpha value is -2.00. The Labute approximate surface area is 131 Å². The summed E-state index contributed by atoms with van der Waals surface area (Å²) in [6, 6.07) is 10.1. The summed E-state index contributed by atoms with van der Waals surface area (Å²) in [5, 5.41) is 10.4. The minimum Gasteiger partial charge on any atom is -0.507 e. The van der Waals surface area contributed by atoms with E-state index in [1.807, 2.05) is 19.1 Å². The molecule has 3 N–H and O–H groups in total. The number of phenols is 1. The van der Waals surface area contributed by atoms with Gasteiger partial charge in [0.1, 0.15) is 11.5 Å². The van der Waals surface area contributed by atoms with Crippen molar-refractivity contribution in [3.63, 3.8) is 0 Å². The molecule has 2 unspecified atom stereocenters. The second-order valence-electron chi connectivity index (χ2n) is 6.29. The largest absolute Gasteiger partial charge is 0.507 e. The number of ether oxygens (including phenoxy) is 1. The fraction of sp³-hybridized carbons (Fsp3) is 0.368. The number of hydrogen-bond donors (Lipinski definition) is 2. The van der Waals surface area contributed by atoms with E-state index < -0.39 is 0 Å². The van der Waals surface area contributed by atoms with E-state index in [4.69, 9.17) is 10.5 Å². The molecule has 3 nitrogen and oxygen atoms in total. The minimum atomic E-state index is -0.101. The van der Waals surface area contributed by atoms with Crippen LogP contribution in [0, 0.1) is 19.8 Å². The lowest BCUT2D eigenvalue weighted by Crippen LogP contribution is -2.19. The molecule has 1 aliphatic rings. The number of nitrogens with two attached hydrogens (primary N) is 1. The fourth-order valence-corrected chi connectivity index (χ4v) is 3.57. The first-order valence-electron chi connectivity index (χ1n) is 7.71. The van der Waals surface area contributed by atoms with E-state index in [1.54, 1.807) is 7.11 Å². The van der Waals surface area contributed by atoms with Crippen molar-refractivity contribution in [1.82, 2.24) is 0 Å². The molecule has 0 bridgehead atoms. The molecule has 0 aromatic heterocycles. The summed E-state index contributed by atoms with van der Waals surface area (Å²) >= 11 is 0. The average molecular weight is 297 g/mol. The Morgan fingerprint density at radius 1 is 1.18 bits per heavy atom. The van der Waals surface area contributed by atoms with Gasteiger partial charge in [-0.2, -0.15) is 0 Å². The molecule has 1 aliphatic carbocycles. The van der Waals surface area contributed by atoms with Gasteiger partial charge < -0.3 is 15.6 Å². The van der Waals surface area contributed by atoms with Crippen molar-refractivity contribution in [2.24, 2.45) is 11.7 Å². The zero-order valence-electron chi connectivity index (χ0n) is 13.4. The van der Waals surface area contributed by atoms with Gasteiger partial charge in [0.25, 0.3) is 0 Å². The number of rotatable bonds is 3. The zero-order valence-corrected chi connectivity index (χ0v) is 13.4. The molecule has 116 valence electrons. The van der Waals surface area contributed by atoms with Crippen LogP contribution in [-0.2, 0) is 12.8 Å². The van der Waals surface area contributed by atoms with Gasteiger partial charge in [-0.25, -0.2) is 0 Å². The number of fused-ring (bicyclic) bond motifs is 1. The normalized spacial score (nSPS) is 20.0. The molecule has 0 saturated carbocycles. The van der Waals surface area contributed by atoms with E-state index in [2.05, 4.69) is 25.1 Å². The molecule has 0 radical (unpaired) electrons. The van der Waals surface area contributed by atoms with Crippen LogP contribution in [0.5, 0.6) is 11.5 Å². The molecule has 0 spiro atoms. The SMILES string of the molecule is COc1ccc(CC2Cc3c(C)cc(C)c(O)c3C2N)cc1. The zero-order chi connectivity index (χ0) is 15.9. The molecule has 2 atom stereocenters. The third-order valence-corrected chi connectivity index (χ3v) is 4.83. The first-order chi connectivity index (χ1) is 10.5. The van der Waals surface area contributed by atoms with Crippen LogP contribution in [0.2, 0.25) is 0 Å². The highest BCUT2D eigenvalue weighted by Gasteiger charge is 2.33. The van der Waals surface area contributed by atoms with Crippen molar-refractivity contribution in [2.45, 2.75) is 32.7 Å². The predicted octanol–water partition coefficient (Wildman–Crippen LogP) is 3.43. The quantitative estimate of drug-likeness (QED) is 0.912. The van der Waals surface area contributed by atoms with Crippen LogP contribution in [0.25, 0.3) is 0 Å². The second kappa shape index (κ2) is 5.65. The molecular weight excluding hydrogens is 274 g/mol. The van der Waals surface area contributed by atoms with Crippen LogP contribution in [-0.4, -0.2) is 12.2 Å². The lowest BCUT2D eigenvalue weighted by Gasteiger charge is -2.17. The van der Waals surface area contributed by atoms with E-state index in [0.717, 1.165) is 29.7 Å². The Bertz CT molecular complexity index is 692. The first kappa shape index (κ1) is 14.9. The van der Waals surface area contributed by atoms with Crippen LogP contribution >= 0.6 is 0 Å². The minimum absolute atomic E-state index is 0.101. The third-order valence-electron chi connectivity index (χ3n) is 4.83. The van der Waals surface area contributed by atoms with Crippen LogP contribution in [0.15, 0.2) is 30.3 Å². The van der Waals surface area contributed by atoms with Crippen molar-refractivity contribution in [3.05, 3.63) is 58.1 Å². The van der Waals surface area contributed by atoms with E-state index in [9.17, 15) is 5.11 Å². The van der Waals surface area contributed by atoms with Gasteiger partial charge in [-0.1, -0.05) is 18.2 Å². The fourth-order valence-electron chi connectivity index (χ4n) is 3.57. The van der Waals surface area contributed by atoms with Gasteiger partial charge in [0.2, 0.25) is 0 Å². The van der Waals surface area contributed by atoms with Gasteiger partial charge in [-0.15, -0.1) is 0 Å². The van der Waals surface area contributed by atoms with Crippen LogP contribution in [0.4, 0.5) is 0 Å². The molecule has 0 saturated heterocycles. The van der Waals surface area contributed by atoms with Gasteiger partial charge in [0, 0.05) is 11.6 Å². The van der Waals surface area contributed by atoms with E-state index in [1.165, 1.54) is 16.7 Å². The van der Waals surface area contributed by atoms with E-state index in [-0.39, 0.29) is 6.04 Å². The van der Waals surface area contributed by atoms with Gasteiger partial charge in [0.05, 0.1) is 7.11 Å². The van der Waals surface area contributed by atoms with Gasteiger partial charge in [-0.05, 0) is 67.0 Å². The molecule has 3 rings (SSSR count). The van der Waals surface area contributed by atoms with E-state index in [0.29, 0.717) is 11.7 Å². The Morgan fingerprint density at radius 2 is 1.86 bits per heavy atom. The predicted molar refractivity (Wildman–Crippen MR) is 88.4 cm³/mol. The molecule has 0 amide bonds. The van der Waals surface area contributed by atoms with Crippen molar-refractivity contribution < 1.29 is 9.84 Å². The number of benzene rings is 2. The van der Waals surface area contributed by atoms with Crippen LogP contribution in [0.1, 0.15) is 33.9 Å². The number of hydrogen-bond acceptors (Lipinski definition) is 3. The van der Waals surface area contributed by atoms with Gasteiger partial charge >= 0.3 is 0 Å². The number of aryl methyl sites for hydroxylation is 2. The topological polar surface area (TPSA) is 55.5 Å². The highest BCUT2D eigenvalue weighted by Crippen LogP contribution is 2.44.